The highest BCUT2D eigenvalue weighted by Crippen LogP contribution is 2.14. The molecule has 0 fully saturated rings. The molecule has 3 amide bonds. The van der Waals surface area contributed by atoms with Crippen LogP contribution in [0.5, 0.6) is 0 Å². The number of hydrogen-bond donors (Lipinski definition) is 3. The third kappa shape index (κ3) is 8.85. The van der Waals surface area contributed by atoms with Crippen molar-refractivity contribution < 1.29 is 33.4 Å². The van der Waals surface area contributed by atoms with Gasteiger partial charge < -0.3 is 25.8 Å². The summed E-state index contributed by atoms with van der Waals surface area (Å²) >= 11 is 0. The minimum Gasteiger partial charge on any atom is -0.466 e. The topological polar surface area (TPSA) is 154 Å². The molecule has 0 spiro atoms. The Labute approximate surface area is 180 Å². The number of hydrogen-bond acceptors (Lipinski definition) is 7. The van der Waals surface area contributed by atoms with Gasteiger partial charge in [0.05, 0.1) is 25.6 Å². The molecule has 0 aromatic heterocycles. The quantitative estimate of drug-likeness (QED) is 0.385. The Balaban J connectivity index is 3.11. The summed E-state index contributed by atoms with van der Waals surface area (Å²) in [5.74, 6) is -5.23. The van der Waals surface area contributed by atoms with Crippen molar-refractivity contribution in [1.29, 1.82) is 0 Å². The highest BCUT2D eigenvalue weighted by atomic mass is 16.5. The van der Waals surface area contributed by atoms with Crippen LogP contribution in [0.3, 0.4) is 0 Å². The largest absolute Gasteiger partial charge is 0.466 e. The molecule has 0 saturated heterocycles. The van der Waals surface area contributed by atoms with Crippen LogP contribution in [0, 0.1) is 5.92 Å². The van der Waals surface area contributed by atoms with Gasteiger partial charge >= 0.3 is 11.9 Å². The van der Waals surface area contributed by atoms with E-state index in [0.29, 0.717) is 0 Å². The van der Waals surface area contributed by atoms with E-state index < -0.39 is 54.1 Å². The molecule has 0 unspecified atom stereocenters. The fourth-order valence-corrected chi connectivity index (χ4v) is 2.91. The van der Waals surface area contributed by atoms with Gasteiger partial charge in [-0.2, -0.15) is 0 Å². The highest BCUT2D eigenvalue weighted by molar-refractivity contribution is 5.95. The number of primary amides is 1. The van der Waals surface area contributed by atoms with E-state index in [1.165, 1.54) is 6.92 Å². The van der Waals surface area contributed by atoms with Gasteiger partial charge in [0.25, 0.3) is 0 Å². The molecule has 0 aliphatic rings. The molecule has 1 rings (SSSR count). The molecule has 170 valence electrons. The molecule has 3 atom stereocenters. The molecule has 0 aliphatic carbocycles. The maximum absolute atomic E-state index is 12.9. The summed E-state index contributed by atoms with van der Waals surface area (Å²) in [5, 5.41) is 4.91. The van der Waals surface area contributed by atoms with E-state index in [1.54, 1.807) is 44.2 Å². The smallest absolute Gasteiger partial charge is 0.312 e. The molecule has 0 heterocycles. The Morgan fingerprint density at radius 1 is 0.968 bits per heavy atom. The number of nitrogens with two attached hydrogens (primary N) is 1. The third-order valence-corrected chi connectivity index (χ3v) is 4.26. The van der Waals surface area contributed by atoms with Crippen LogP contribution in [0.4, 0.5) is 0 Å². The van der Waals surface area contributed by atoms with E-state index >= 15 is 0 Å². The number of benzene rings is 1. The van der Waals surface area contributed by atoms with Crippen LogP contribution in [0.15, 0.2) is 30.3 Å². The zero-order chi connectivity index (χ0) is 23.4. The molecule has 1 aromatic carbocycles. The van der Waals surface area contributed by atoms with Gasteiger partial charge in [-0.1, -0.05) is 30.3 Å². The summed E-state index contributed by atoms with van der Waals surface area (Å²) < 4.78 is 9.79. The number of nitrogens with one attached hydrogen (secondary N) is 2. The van der Waals surface area contributed by atoms with Crippen LogP contribution in [-0.4, -0.2) is 55.0 Å². The molecule has 10 nitrogen and oxygen atoms in total. The lowest BCUT2D eigenvalue weighted by molar-refractivity contribution is -0.157. The van der Waals surface area contributed by atoms with Crippen LogP contribution >= 0.6 is 0 Å². The second kappa shape index (κ2) is 13.0. The van der Waals surface area contributed by atoms with Crippen LogP contribution in [-0.2, 0) is 39.9 Å². The second-order valence-corrected chi connectivity index (χ2v) is 6.70. The molecule has 31 heavy (non-hydrogen) atoms. The summed E-state index contributed by atoms with van der Waals surface area (Å²) in [4.78, 5) is 60.9. The lowest BCUT2D eigenvalue weighted by Crippen LogP contribution is -2.57. The van der Waals surface area contributed by atoms with Crippen molar-refractivity contribution in [1.82, 2.24) is 10.6 Å². The number of esters is 2. The lowest BCUT2D eigenvalue weighted by atomic mass is 9.94. The van der Waals surface area contributed by atoms with Crippen LogP contribution < -0.4 is 16.4 Å². The molecule has 0 radical (unpaired) electrons. The maximum Gasteiger partial charge on any atom is 0.312 e. The highest BCUT2D eigenvalue weighted by Gasteiger charge is 2.38. The van der Waals surface area contributed by atoms with E-state index in [0.717, 1.165) is 5.56 Å². The standard InChI is InChI=1S/C21H29N3O7/c1-4-30-17(26)12-15(21(29)31-5-2)18(19(22)27)24-20(28)16(23-13(3)25)11-14-9-7-6-8-10-14/h6-10,15-16,18H,4-5,11-12H2,1-3H3,(H2,22,27)(H,23,25)(H,24,28)/t15-,16-,18-/m1/s1. The fourth-order valence-electron chi connectivity index (χ4n) is 2.91. The van der Waals surface area contributed by atoms with Gasteiger partial charge in [0.2, 0.25) is 17.7 Å². The predicted octanol–water partition coefficient (Wildman–Crippen LogP) is -0.164. The molecule has 0 bridgehead atoms. The van der Waals surface area contributed by atoms with Crippen molar-refractivity contribution >= 4 is 29.7 Å². The average molecular weight is 435 g/mol. The van der Waals surface area contributed by atoms with Crippen LogP contribution in [0.25, 0.3) is 0 Å². The normalized spacial score (nSPS) is 13.3. The Morgan fingerprint density at radius 2 is 1.58 bits per heavy atom. The van der Waals surface area contributed by atoms with Gasteiger partial charge in [0.15, 0.2) is 0 Å². The number of ether oxygens (including phenoxy) is 2. The van der Waals surface area contributed by atoms with Gasteiger partial charge in [-0.15, -0.1) is 0 Å². The summed E-state index contributed by atoms with van der Waals surface area (Å²) in [6.07, 6.45) is -0.371. The van der Waals surface area contributed by atoms with Crippen molar-refractivity contribution in [3.63, 3.8) is 0 Å². The first-order valence-corrected chi connectivity index (χ1v) is 9.92. The Kier molecular flexibility index (Phi) is 10.7. The van der Waals surface area contributed by atoms with Gasteiger partial charge in [0.1, 0.15) is 12.1 Å². The first kappa shape index (κ1) is 25.6. The van der Waals surface area contributed by atoms with Gasteiger partial charge in [0, 0.05) is 13.3 Å². The van der Waals surface area contributed by atoms with Crippen molar-refractivity contribution in [2.24, 2.45) is 11.7 Å². The van der Waals surface area contributed by atoms with Crippen LogP contribution in [0.2, 0.25) is 0 Å². The summed E-state index contributed by atoms with van der Waals surface area (Å²) in [6.45, 7) is 4.47. The Hall–Kier alpha value is -3.43. The van der Waals surface area contributed by atoms with Crippen molar-refractivity contribution in [3.05, 3.63) is 35.9 Å². The molecule has 1 aromatic rings. The van der Waals surface area contributed by atoms with E-state index in [-0.39, 0.29) is 19.6 Å². The first-order chi connectivity index (χ1) is 14.7. The number of carbonyl (C=O) groups is 5. The van der Waals surface area contributed by atoms with E-state index in [4.69, 9.17) is 15.2 Å². The molecule has 10 heteroatoms. The summed E-state index contributed by atoms with van der Waals surface area (Å²) in [7, 11) is 0. The molecular weight excluding hydrogens is 406 g/mol. The molecule has 0 saturated carbocycles. The fraction of sp³-hybridized carbons (Fsp3) is 0.476. The number of amides is 3. The van der Waals surface area contributed by atoms with Crippen molar-refractivity contribution in [2.45, 2.75) is 45.7 Å². The monoisotopic (exact) mass is 435 g/mol. The Morgan fingerprint density at radius 3 is 2.10 bits per heavy atom. The first-order valence-electron chi connectivity index (χ1n) is 9.92. The second-order valence-electron chi connectivity index (χ2n) is 6.70. The maximum atomic E-state index is 12.9. The van der Waals surface area contributed by atoms with Gasteiger partial charge in [-0.3, -0.25) is 24.0 Å². The Bertz CT molecular complexity index is 782. The van der Waals surface area contributed by atoms with Crippen molar-refractivity contribution in [2.75, 3.05) is 13.2 Å². The molecular formula is C21H29N3O7. The average Bonchev–Trinajstić information content (AvgIpc) is 2.70. The zero-order valence-corrected chi connectivity index (χ0v) is 17.9. The summed E-state index contributed by atoms with van der Waals surface area (Å²) in [5.41, 5.74) is 6.19. The van der Waals surface area contributed by atoms with E-state index in [2.05, 4.69) is 10.6 Å². The van der Waals surface area contributed by atoms with Gasteiger partial charge in [-0.05, 0) is 19.4 Å². The van der Waals surface area contributed by atoms with Gasteiger partial charge in [-0.25, -0.2) is 0 Å². The minimum absolute atomic E-state index is 0.000110. The number of rotatable bonds is 12. The van der Waals surface area contributed by atoms with Crippen LogP contribution in [0.1, 0.15) is 32.8 Å². The van der Waals surface area contributed by atoms with Crippen molar-refractivity contribution in [3.8, 4) is 0 Å². The number of carbonyl (C=O) groups excluding carboxylic acids is 5. The SMILES string of the molecule is CCOC(=O)C[C@@H](C(=O)OCC)[C@@H](NC(=O)[C@@H](Cc1ccccc1)NC(C)=O)C(N)=O. The molecule has 4 N–H and O–H groups in total. The summed E-state index contributed by atoms with van der Waals surface area (Å²) in [6, 6.07) is 6.33. The minimum atomic E-state index is -1.54. The third-order valence-electron chi connectivity index (χ3n) is 4.26. The lowest BCUT2D eigenvalue weighted by Gasteiger charge is -2.26. The zero-order valence-electron chi connectivity index (χ0n) is 17.9. The van der Waals surface area contributed by atoms with E-state index in [9.17, 15) is 24.0 Å². The molecule has 0 aliphatic heterocycles. The predicted molar refractivity (Wildman–Crippen MR) is 110 cm³/mol. The van der Waals surface area contributed by atoms with E-state index in [1.807, 2.05) is 0 Å².